The van der Waals surface area contributed by atoms with Crippen LogP contribution in [0.4, 0.5) is 43.9 Å². The van der Waals surface area contributed by atoms with Crippen LogP contribution in [0.5, 0.6) is 0 Å². The molecule has 1 aliphatic heterocycles. The lowest BCUT2D eigenvalue weighted by Gasteiger charge is -2.41. The average Bonchev–Trinajstić information content (AvgIpc) is 2.34. The molecule has 0 N–H and O–H groups in total. The predicted octanol–water partition coefficient (Wildman–Crippen LogP) is 4.57. The third-order valence-electron chi connectivity index (χ3n) is 3.23. The number of hydrogen-bond acceptors (Lipinski definition) is 1. The van der Waals surface area contributed by atoms with Crippen LogP contribution >= 0.6 is 0 Å². The fourth-order valence-electron chi connectivity index (χ4n) is 2.08. The van der Waals surface area contributed by atoms with E-state index in [1.165, 1.54) is 0 Å². The van der Waals surface area contributed by atoms with E-state index in [0.717, 1.165) is 0 Å². The summed E-state index contributed by atoms with van der Waals surface area (Å²) >= 11 is 0. The van der Waals surface area contributed by atoms with E-state index in [-0.39, 0.29) is 4.90 Å². The minimum Gasteiger partial charge on any atom is -0.258 e. The number of likely N-dealkylation sites (tertiary alicyclic amines) is 1. The van der Waals surface area contributed by atoms with Gasteiger partial charge in [-0.1, -0.05) is 0 Å². The number of rotatable bonds is 2. The Labute approximate surface area is 112 Å². The molecule has 1 aliphatic rings. The molecule has 0 saturated carbocycles. The van der Waals surface area contributed by atoms with E-state index < -0.39 is 61.9 Å². The molecule has 0 amide bonds. The van der Waals surface area contributed by atoms with Crippen LogP contribution in [0, 0.1) is 5.92 Å². The highest BCUT2D eigenvalue weighted by molar-refractivity contribution is 5.14. The molecule has 124 valence electrons. The quantitative estimate of drug-likeness (QED) is 0.529. The summed E-state index contributed by atoms with van der Waals surface area (Å²) in [6, 6.07) is 0. The van der Waals surface area contributed by atoms with Crippen molar-refractivity contribution in [3.05, 3.63) is 11.9 Å². The molecule has 1 atom stereocenters. The lowest BCUT2D eigenvalue weighted by atomic mass is 9.94. The molecule has 1 nitrogen and oxygen atoms in total. The van der Waals surface area contributed by atoms with E-state index in [1.54, 1.807) is 0 Å². The maximum absolute atomic E-state index is 13.9. The van der Waals surface area contributed by atoms with E-state index in [9.17, 15) is 43.9 Å². The van der Waals surface area contributed by atoms with Crippen LogP contribution in [0.15, 0.2) is 11.9 Å². The number of piperidine rings is 1. The normalized spacial score (nSPS) is 22.0. The molecule has 0 aromatic carbocycles. The first-order chi connectivity index (χ1) is 9.31. The molecule has 1 unspecified atom stereocenters. The van der Waals surface area contributed by atoms with Crippen molar-refractivity contribution in [3.8, 4) is 0 Å². The second kappa shape index (κ2) is 5.65. The van der Waals surface area contributed by atoms with Crippen molar-refractivity contribution in [1.82, 2.24) is 4.90 Å². The largest absolute Gasteiger partial charge is 0.443 e. The van der Waals surface area contributed by atoms with Crippen molar-refractivity contribution < 1.29 is 43.9 Å². The lowest BCUT2D eigenvalue weighted by molar-refractivity contribution is -0.282. The molecular weight excluding hydrogens is 324 g/mol. The Bertz CT molecular complexity index is 399. The lowest BCUT2D eigenvalue weighted by Crippen LogP contribution is -2.59. The standard InChI is InChI=1S/C10H9F10N/c11-6(7(12)13)8(14,10(18,19)20)21-3-1-5(2-4-21)9(15,16)17/h5H,1-4H2. The van der Waals surface area contributed by atoms with Gasteiger partial charge in [-0.2, -0.15) is 35.1 Å². The Balaban J connectivity index is 3.03. The van der Waals surface area contributed by atoms with E-state index in [2.05, 4.69) is 0 Å². The highest BCUT2D eigenvalue weighted by Crippen LogP contribution is 2.47. The zero-order valence-corrected chi connectivity index (χ0v) is 10.1. The van der Waals surface area contributed by atoms with Crippen LogP contribution in [0.3, 0.4) is 0 Å². The summed E-state index contributed by atoms with van der Waals surface area (Å²) in [6.45, 7) is -2.30. The fourth-order valence-corrected chi connectivity index (χ4v) is 2.08. The van der Waals surface area contributed by atoms with Crippen molar-refractivity contribution in [2.75, 3.05) is 13.1 Å². The van der Waals surface area contributed by atoms with Gasteiger partial charge < -0.3 is 0 Å². The number of alkyl halides is 7. The molecule has 1 heterocycles. The van der Waals surface area contributed by atoms with Crippen LogP contribution in [-0.4, -0.2) is 36.1 Å². The van der Waals surface area contributed by atoms with Gasteiger partial charge in [0.05, 0.1) is 5.92 Å². The summed E-state index contributed by atoms with van der Waals surface area (Å²) < 4.78 is 126. The monoisotopic (exact) mass is 333 g/mol. The topological polar surface area (TPSA) is 3.24 Å². The first kappa shape index (κ1) is 18.1. The minimum absolute atomic E-state index is 0.385. The van der Waals surface area contributed by atoms with Gasteiger partial charge in [0.1, 0.15) is 0 Å². The molecule has 0 bridgehead atoms. The summed E-state index contributed by atoms with van der Waals surface area (Å²) in [5.41, 5.74) is 0. The van der Waals surface area contributed by atoms with Crippen LogP contribution in [0.2, 0.25) is 0 Å². The molecule has 1 saturated heterocycles. The van der Waals surface area contributed by atoms with Gasteiger partial charge in [0.15, 0.2) is 0 Å². The molecule has 0 aromatic rings. The zero-order chi connectivity index (χ0) is 16.6. The molecule has 0 aliphatic carbocycles. The van der Waals surface area contributed by atoms with Gasteiger partial charge in [-0.3, -0.25) is 4.90 Å². The van der Waals surface area contributed by atoms with E-state index >= 15 is 0 Å². The van der Waals surface area contributed by atoms with Crippen molar-refractivity contribution in [3.63, 3.8) is 0 Å². The third-order valence-corrected chi connectivity index (χ3v) is 3.23. The van der Waals surface area contributed by atoms with Crippen molar-refractivity contribution in [1.29, 1.82) is 0 Å². The molecule has 0 radical (unpaired) electrons. The second-order valence-corrected chi connectivity index (χ2v) is 4.50. The molecule has 1 rings (SSSR count). The van der Waals surface area contributed by atoms with Gasteiger partial charge in [0, 0.05) is 13.1 Å². The molecular formula is C10H9F10N. The van der Waals surface area contributed by atoms with Crippen molar-refractivity contribution in [2.24, 2.45) is 5.92 Å². The first-order valence-corrected chi connectivity index (χ1v) is 5.60. The molecule has 1 fully saturated rings. The maximum Gasteiger partial charge on any atom is 0.443 e. The van der Waals surface area contributed by atoms with Gasteiger partial charge in [0.25, 0.3) is 0 Å². The third kappa shape index (κ3) is 3.43. The zero-order valence-electron chi connectivity index (χ0n) is 10.1. The summed E-state index contributed by atoms with van der Waals surface area (Å²) in [5, 5.41) is 0. The minimum atomic E-state index is -6.05. The van der Waals surface area contributed by atoms with Gasteiger partial charge >= 0.3 is 24.2 Å². The maximum atomic E-state index is 13.9. The Kier molecular flexibility index (Phi) is 4.86. The predicted molar refractivity (Wildman–Crippen MR) is 50.6 cm³/mol. The van der Waals surface area contributed by atoms with E-state index in [1.807, 2.05) is 0 Å². The average molecular weight is 333 g/mol. The van der Waals surface area contributed by atoms with E-state index in [4.69, 9.17) is 0 Å². The van der Waals surface area contributed by atoms with Crippen LogP contribution in [0.1, 0.15) is 12.8 Å². The summed E-state index contributed by atoms with van der Waals surface area (Å²) in [4.78, 5) is -0.385. The van der Waals surface area contributed by atoms with Gasteiger partial charge in [-0.05, 0) is 12.8 Å². The Hall–Kier alpha value is -1.00. The summed E-state index contributed by atoms with van der Waals surface area (Å²) in [7, 11) is 0. The molecule has 21 heavy (non-hydrogen) atoms. The second-order valence-electron chi connectivity index (χ2n) is 4.50. The van der Waals surface area contributed by atoms with Crippen LogP contribution in [-0.2, 0) is 0 Å². The number of halogens is 10. The molecule has 11 heteroatoms. The van der Waals surface area contributed by atoms with Crippen molar-refractivity contribution >= 4 is 0 Å². The highest BCUT2D eigenvalue weighted by atomic mass is 19.4. The molecule has 0 aromatic heterocycles. The van der Waals surface area contributed by atoms with Gasteiger partial charge in [-0.25, -0.2) is 8.78 Å². The number of hydrogen-bond donors (Lipinski definition) is 0. The smallest absolute Gasteiger partial charge is 0.258 e. The summed E-state index contributed by atoms with van der Waals surface area (Å²) in [6.07, 6.45) is -16.1. The number of nitrogens with zero attached hydrogens (tertiary/aromatic N) is 1. The highest BCUT2D eigenvalue weighted by Gasteiger charge is 2.65. The molecule has 0 spiro atoms. The van der Waals surface area contributed by atoms with Gasteiger partial charge in [-0.15, -0.1) is 0 Å². The first-order valence-electron chi connectivity index (χ1n) is 5.60. The summed E-state index contributed by atoms with van der Waals surface area (Å²) in [5.74, 6) is -10.4. The van der Waals surface area contributed by atoms with Crippen LogP contribution in [0.25, 0.3) is 0 Å². The van der Waals surface area contributed by atoms with Crippen molar-refractivity contribution in [2.45, 2.75) is 31.0 Å². The Morgan fingerprint density at radius 3 is 1.52 bits per heavy atom. The van der Waals surface area contributed by atoms with Crippen LogP contribution < -0.4 is 0 Å². The SMILES string of the molecule is FC(F)=C(F)C(F)(N1CCC(C(F)(F)F)CC1)C(F)(F)F. The van der Waals surface area contributed by atoms with E-state index in [0.29, 0.717) is 0 Å². The Morgan fingerprint density at radius 1 is 0.810 bits per heavy atom. The Morgan fingerprint density at radius 2 is 1.24 bits per heavy atom. The fraction of sp³-hybridized carbons (Fsp3) is 0.800. The van der Waals surface area contributed by atoms with Gasteiger partial charge in [0.2, 0.25) is 5.83 Å².